The van der Waals surface area contributed by atoms with E-state index in [1.54, 1.807) is 0 Å². The summed E-state index contributed by atoms with van der Waals surface area (Å²) >= 11 is 1.41. The first-order valence-corrected chi connectivity index (χ1v) is 15.3. The zero-order valence-electron chi connectivity index (χ0n) is 19.9. The molecule has 0 aliphatic carbocycles. The Morgan fingerprint density at radius 1 is 1.16 bits per heavy atom. The Balaban J connectivity index is 1.87. The molecule has 1 aliphatic rings. The molecule has 210 valence electrons. The Bertz CT molecular complexity index is 1340. The summed E-state index contributed by atoms with van der Waals surface area (Å²) in [5.41, 5.74) is -0.995. The van der Waals surface area contributed by atoms with Crippen molar-refractivity contribution in [3.63, 3.8) is 0 Å². The molecular weight excluding hydrogens is 569 g/mol. The number of primary sulfonamides is 1. The molecule has 1 fully saturated rings. The number of sulfone groups is 1. The Kier molecular flexibility index (Phi) is 9.57. The maximum atomic E-state index is 13.5. The van der Waals surface area contributed by atoms with Crippen molar-refractivity contribution >= 4 is 43.4 Å². The average molecular weight is 597 g/mol. The molecule has 0 saturated carbocycles. The Labute approximate surface area is 222 Å². The van der Waals surface area contributed by atoms with Crippen LogP contribution in [0.2, 0.25) is 0 Å². The zero-order chi connectivity index (χ0) is 28.1. The molecule has 38 heavy (non-hydrogen) atoms. The molecule has 1 aliphatic heterocycles. The molecule has 10 nitrogen and oxygen atoms in total. The van der Waals surface area contributed by atoms with E-state index in [9.17, 15) is 34.8 Å². The lowest BCUT2D eigenvalue weighted by molar-refractivity contribution is -0.0435. The van der Waals surface area contributed by atoms with Gasteiger partial charge in [-0.1, -0.05) is 18.2 Å². The van der Waals surface area contributed by atoms with Crippen molar-refractivity contribution in [2.24, 2.45) is 10.9 Å². The molecule has 2 aromatic rings. The number of hydrogen-bond donors (Lipinski definition) is 3. The van der Waals surface area contributed by atoms with Gasteiger partial charge in [-0.15, -0.1) is 11.8 Å². The summed E-state index contributed by atoms with van der Waals surface area (Å²) in [7, 11) is -10.4. The summed E-state index contributed by atoms with van der Waals surface area (Å²) < 4.78 is 93.5. The van der Waals surface area contributed by atoms with Crippen molar-refractivity contribution in [2.75, 3.05) is 30.7 Å². The Morgan fingerprint density at radius 3 is 2.45 bits per heavy atom. The largest absolute Gasteiger partial charge is 0.501 e. The van der Waals surface area contributed by atoms with E-state index >= 15 is 0 Å². The van der Waals surface area contributed by atoms with Crippen LogP contribution in [-0.2, 0) is 24.6 Å². The highest BCUT2D eigenvalue weighted by Crippen LogP contribution is 2.36. The molecule has 1 saturated heterocycles. The summed E-state index contributed by atoms with van der Waals surface area (Å²) in [6.45, 7) is 1.49. The summed E-state index contributed by atoms with van der Waals surface area (Å²) in [4.78, 5) is 11.9. The third-order valence-electron chi connectivity index (χ3n) is 5.74. The fourth-order valence-corrected chi connectivity index (χ4v) is 6.43. The third-order valence-corrected chi connectivity index (χ3v) is 9.35. The molecule has 0 spiro atoms. The van der Waals surface area contributed by atoms with Gasteiger partial charge in [0.2, 0.25) is 10.0 Å². The number of nitrogens with two attached hydrogens (primary N) is 2. The van der Waals surface area contributed by atoms with E-state index in [0.717, 1.165) is 17.0 Å². The van der Waals surface area contributed by atoms with E-state index in [1.165, 1.54) is 11.8 Å². The number of nitrogens with zero attached hydrogens (tertiary/aromatic N) is 1. The summed E-state index contributed by atoms with van der Waals surface area (Å²) in [6.07, 6.45) is -0.294. The number of likely N-dealkylation sites (tertiary alicyclic amines) is 1. The van der Waals surface area contributed by atoms with Gasteiger partial charge in [0.15, 0.2) is 0 Å². The Hall–Kier alpha value is -2.53. The van der Waals surface area contributed by atoms with E-state index in [2.05, 4.69) is 5.32 Å². The number of halogens is 3. The van der Waals surface area contributed by atoms with Crippen LogP contribution < -0.4 is 16.2 Å². The highest BCUT2D eigenvalue weighted by molar-refractivity contribution is 7.99. The normalized spacial score (nSPS) is 17.7. The van der Waals surface area contributed by atoms with Crippen LogP contribution in [0.1, 0.15) is 12.8 Å². The van der Waals surface area contributed by atoms with E-state index in [-0.39, 0.29) is 6.10 Å². The van der Waals surface area contributed by atoms with Gasteiger partial charge in [0.1, 0.15) is 11.0 Å². The van der Waals surface area contributed by atoms with Gasteiger partial charge in [0.25, 0.3) is 9.84 Å². The Morgan fingerprint density at radius 2 is 1.84 bits per heavy atom. The first-order chi connectivity index (χ1) is 17.7. The van der Waals surface area contributed by atoms with Gasteiger partial charge in [-0.2, -0.15) is 13.2 Å². The fourth-order valence-electron chi connectivity index (χ4n) is 3.88. The van der Waals surface area contributed by atoms with Crippen LogP contribution in [0, 0.1) is 0 Å². The van der Waals surface area contributed by atoms with Crippen molar-refractivity contribution in [3.05, 3.63) is 48.5 Å². The van der Waals surface area contributed by atoms with Crippen molar-refractivity contribution in [2.45, 2.75) is 45.2 Å². The second kappa shape index (κ2) is 12.1. The molecule has 0 bridgehead atoms. The first kappa shape index (κ1) is 30.0. The van der Waals surface area contributed by atoms with Gasteiger partial charge in [-0.05, 0) is 43.2 Å². The summed E-state index contributed by atoms with van der Waals surface area (Å²) in [5, 5.41) is 7.90. The number of carbonyl (C=O) groups excluding carboxylic acids is 1. The lowest BCUT2D eigenvalue weighted by atomic mass is 10.2. The fraction of sp³-hybridized carbons (Fsp3) is 0.409. The molecule has 2 aromatic carbocycles. The first-order valence-electron chi connectivity index (χ1n) is 11.3. The highest BCUT2D eigenvalue weighted by Gasteiger charge is 2.48. The smallest absolute Gasteiger partial charge is 0.445 e. The van der Waals surface area contributed by atoms with Crippen LogP contribution in [0.4, 0.5) is 23.7 Å². The number of sulfonamides is 1. The van der Waals surface area contributed by atoms with Crippen molar-refractivity contribution < 1.29 is 39.5 Å². The highest BCUT2D eigenvalue weighted by atomic mass is 32.2. The van der Waals surface area contributed by atoms with E-state index < -0.39 is 53.0 Å². The molecule has 16 heteroatoms. The molecule has 0 aromatic heterocycles. The number of alkyl halides is 3. The summed E-state index contributed by atoms with van der Waals surface area (Å²) in [5.74, 6) is 0.349. The number of benzene rings is 2. The average Bonchev–Trinajstić information content (AvgIpc) is 3.26. The molecule has 2 atom stereocenters. The monoisotopic (exact) mass is 596 g/mol. The SMILES string of the molecule is NC(=O)O[C@H]1CCN(CC[C@H](CSc2ccccc2)Nc2ccc(S(N)(=O)=O)cc2S(=O)(=O)C(F)(F)F)C1. The second-order valence-corrected chi connectivity index (χ2v) is 13.1. The lowest BCUT2D eigenvalue weighted by Crippen LogP contribution is -2.33. The number of primary amides is 1. The molecule has 0 radical (unpaired) electrons. The molecule has 3 rings (SSSR count). The minimum absolute atomic E-state index is 0.349. The molecule has 1 amide bonds. The van der Waals surface area contributed by atoms with Crippen molar-refractivity contribution in [1.82, 2.24) is 4.90 Å². The standard InChI is InChI=1S/C22H27F3N4O6S3/c23-22(24,25)37(31,32)20-12-18(38(27,33)34)6-7-19(20)28-15(14-36-17-4-2-1-3-5-17)8-10-29-11-9-16(13-29)35-21(26)30/h1-7,12,15-16,28H,8-11,13-14H2,(H2,26,30)(H2,27,33,34)/t15-,16+/m1/s1. The van der Waals surface area contributed by atoms with Gasteiger partial charge in [0, 0.05) is 36.3 Å². The summed E-state index contributed by atoms with van der Waals surface area (Å²) in [6, 6.07) is 11.0. The molecule has 0 unspecified atom stereocenters. The second-order valence-electron chi connectivity index (χ2n) is 8.55. The number of ether oxygens (including phenoxy) is 1. The van der Waals surface area contributed by atoms with Crippen LogP contribution in [0.5, 0.6) is 0 Å². The van der Waals surface area contributed by atoms with Crippen LogP contribution >= 0.6 is 11.8 Å². The molecule has 1 heterocycles. The topological polar surface area (TPSA) is 162 Å². The number of hydrogen-bond acceptors (Lipinski definition) is 9. The minimum Gasteiger partial charge on any atom is -0.445 e. The van der Waals surface area contributed by atoms with Gasteiger partial charge < -0.3 is 15.8 Å². The van der Waals surface area contributed by atoms with Crippen LogP contribution in [0.15, 0.2) is 63.2 Å². The molecular formula is C22H27F3N4O6S3. The van der Waals surface area contributed by atoms with Crippen LogP contribution in [-0.4, -0.2) is 70.9 Å². The predicted molar refractivity (Wildman–Crippen MR) is 136 cm³/mol. The van der Waals surface area contributed by atoms with Gasteiger partial charge >= 0.3 is 11.6 Å². The maximum Gasteiger partial charge on any atom is 0.501 e. The number of amides is 1. The zero-order valence-corrected chi connectivity index (χ0v) is 22.4. The van der Waals surface area contributed by atoms with E-state index in [0.29, 0.717) is 44.3 Å². The van der Waals surface area contributed by atoms with E-state index in [1.807, 2.05) is 35.2 Å². The third kappa shape index (κ3) is 7.99. The van der Waals surface area contributed by atoms with E-state index in [4.69, 9.17) is 15.6 Å². The van der Waals surface area contributed by atoms with Crippen LogP contribution in [0.25, 0.3) is 0 Å². The van der Waals surface area contributed by atoms with Crippen LogP contribution in [0.3, 0.4) is 0 Å². The molecule has 5 N–H and O–H groups in total. The predicted octanol–water partition coefficient (Wildman–Crippen LogP) is 2.76. The number of thioether (sulfide) groups is 1. The quantitative estimate of drug-likeness (QED) is 0.331. The number of anilines is 1. The van der Waals surface area contributed by atoms with Crippen molar-refractivity contribution in [1.29, 1.82) is 0 Å². The number of carbonyl (C=O) groups is 1. The van der Waals surface area contributed by atoms with Crippen molar-refractivity contribution in [3.8, 4) is 0 Å². The number of nitrogens with one attached hydrogen (secondary N) is 1. The van der Waals surface area contributed by atoms with Gasteiger partial charge in [-0.25, -0.2) is 26.8 Å². The number of rotatable bonds is 11. The lowest BCUT2D eigenvalue weighted by Gasteiger charge is -2.25. The van der Waals surface area contributed by atoms with Gasteiger partial charge in [0.05, 0.1) is 10.6 Å². The minimum atomic E-state index is -5.91. The maximum absolute atomic E-state index is 13.5. The van der Waals surface area contributed by atoms with Gasteiger partial charge in [-0.3, -0.25) is 4.90 Å².